The molecule has 0 spiro atoms. The number of nitrogens with one attached hydrogen (secondary N) is 1. The lowest BCUT2D eigenvalue weighted by Crippen LogP contribution is -2.48. The van der Waals surface area contributed by atoms with E-state index >= 15 is 0 Å². The molecule has 90 valence electrons. The Bertz CT molecular complexity index is 189. The molecular formula is C13H28N2. The molecule has 1 atom stereocenters. The monoisotopic (exact) mass is 212 g/mol. The van der Waals surface area contributed by atoms with Gasteiger partial charge in [-0.2, -0.15) is 0 Å². The summed E-state index contributed by atoms with van der Waals surface area (Å²) in [5.74, 6) is 0.715. The van der Waals surface area contributed by atoms with E-state index in [-0.39, 0.29) is 5.54 Å². The Morgan fingerprint density at radius 1 is 1.33 bits per heavy atom. The highest BCUT2D eigenvalue weighted by atomic mass is 14.9. The summed E-state index contributed by atoms with van der Waals surface area (Å²) < 4.78 is 0. The van der Waals surface area contributed by atoms with Crippen LogP contribution >= 0.6 is 0 Å². The number of rotatable bonds is 5. The summed E-state index contributed by atoms with van der Waals surface area (Å²) in [4.78, 5) is 0. The molecule has 3 N–H and O–H groups in total. The zero-order valence-corrected chi connectivity index (χ0v) is 10.9. The van der Waals surface area contributed by atoms with Gasteiger partial charge in [-0.25, -0.2) is 0 Å². The summed E-state index contributed by atoms with van der Waals surface area (Å²) >= 11 is 0. The van der Waals surface area contributed by atoms with Gasteiger partial charge in [-0.05, 0) is 50.1 Å². The van der Waals surface area contributed by atoms with Crippen molar-refractivity contribution in [3.05, 3.63) is 0 Å². The van der Waals surface area contributed by atoms with E-state index < -0.39 is 0 Å². The maximum atomic E-state index is 6.17. The highest BCUT2D eigenvalue weighted by Gasteiger charge is 2.31. The summed E-state index contributed by atoms with van der Waals surface area (Å²) in [6.45, 7) is 11.4. The van der Waals surface area contributed by atoms with Gasteiger partial charge < -0.3 is 11.1 Å². The third kappa shape index (κ3) is 4.12. The molecule has 0 bridgehead atoms. The third-order valence-corrected chi connectivity index (χ3v) is 4.08. The van der Waals surface area contributed by atoms with Crippen molar-refractivity contribution in [2.24, 2.45) is 17.1 Å². The molecule has 0 heterocycles. The average Bonchev–Trinajstić information content (AvgIpc) is 2.07. The highest BCUT2D eigenvalue weighted by molar-refractivity contribution is 4.92. The van der Waals surface area contributed by atoms with Gasteiger partial charge in [0.15, 0.2) is 0 Å². The van der Waals surface area contributed by atoms with Crippen molar-refractivity contribution in [3.63, 3.8) is 0 Å². The first-order valence-electron chi connectivity index (χ1n) is 6.33. The first kappa shape index (κ1) is 13.0. The average molecular weight is 212 g/mol. The minimum atomic E-state index is 0.179. The molecule has 0 radical (unpaired) electrons. The summed E-state index contributed by atoms with van der Waals surface area (Å²) in [6.07, 6.45) is 4.92. The predicted molar refractivity (Wildman–Crippen MR) is 66.9 cm³/mol. The SMILES string of the molecule is CC(CNCCC1(N)CCC1)C(C)(C)C. The molecule has 0 aromatic carbocycles. The second kappa shape index (κ2) is 4.84. The van der Waals surface area contributed by atoms with E-state index in [1.807, 2.05) is 0 Å². The number of hydrogen-bond acceptors (Lipinski definition) is 2. The highest BCUT2D eigenvalue weighted by Crippen LogP contribution is 2.31. The third-order valence-electron chi connectivity index (χ3n) is 4.08. The molecule has 1 unspecified atom stereocenters. The fourth-order valence-corrected chi connectivity index (χ4v) is 1.84. The Hall–Kier alpha value is -0.0800. The molecule has 0 amide bonds. The largest absolute Gasteiger partial charge is 0.325 e. The zero-order valence-electron chi connectivity index (χ0n) is 10.9. The molecule has 1 fully saturated rings. The quantitative estimate of drug-likeness (QED) is 0.687. The maximum Gasteiger partial charge on any atom is 0.0166 e. The van der Waals surface area contributed by atoms with Gasteiger partial charge in [-0.15, -0.1) is 0 Å². The molecule has 2 nitrogen and oxygen atoms in total. The Labute approximate surface area is 95.0 Å². The first-order chi connectivity index (χ1) is 6.83. The molecule has 1 aliphatic rings. The summed E-state index contributed by atoms with van der Waals surface area (Å²) in [6, 6.07) is 0. The van der Waals surface area contributed by atoms with Crippen LogP contribution < -0.4 is 11.1 Å². The van der Waals surface area contributed by atoms with Gasteiger partial charge in [0.1, 0.15) is 0 Å². The van der Waals surface area contributed by atoms with Crippen LogP contribution in [0.5, 0.6) is 0 Å². The van der Waals surface area contributed by atoms with Gasteiger partial charge in [0.25, 0.3) is 0 Å². The Morgan fingerprint density at radius 3 is 2.33 bits per heavy atom. The van der Waals surface area contributed by atoms with E-state index in [1.165, 1.54) is 19.3 Å². The standard InChI is InChI=1S/C13H28N2/c1-11(12(2,3)4)10-15-9-8-13(14)6-5-7-13/h11,15H,5-10,14H2,1-4H3. The topological polar surface area (TPSA) is 38.0 Å². The molecule has 1 aliphatic carbocycles. The van der Waals surface area contributed by atoms with Crippen LogP contribution in [0.1, 0.15) is 53.4 Å². The van der Waals surface area contributed by atoms with E-state index in [4.69, 9.17) is 5.73 Å². The van der Waals surface area contributed by atoms with Crippen molar-refractivity contribution in [1.29, 1.82) is 0 Å². The molecule has 0 saturated heterocycles. The van der Waals surface area contributed by atoms with Crippen molar-refractivity contribution in [2.45, 2.75) is 58.9 Å². The van der Waals surface area contributed by atoms with E-state index in [1.54, 1.807) is 0 Å². The smallest absolute Gasteiger partial charge is 0.0166 e. The minimum Gasteiger partial charge on any atom is -0.325 e. The van der Waals surface area contributed by atoms with Gasteiger partial charge >= 0.3 is 0 Å². The zero-order chi connectivity index (χ0) is 11.5. The van der Waals surface area contributed by atoms with Gasteiger partial charge in [-0.1, -0.05) is 27.7 Å². The summed E-state index contributed by atoms with van der Waals surface area (Å²) in [7, 11) is 0. The fraction of sp³-hybridized carbons (Fsp3) is 1.00. The van der Waals surface area contributed by atoms with E-state index in [0.717, 1.165) is 19.5 Å². The fourth-order valence-electron chi connectivity index (χ4n) is 1.84. The molecule has 0 aliphatic heterocycles. The van der Waals surface area contributed by atoms with Gasteiger partial charge in [-0.3, -0.25) is 0 Å². The van der Waals surface area contributed by atoms with Crippen molar-refractivity contribution >= 4 is 0 Å². The van der Waals surface area contributed by atoms with E-state index in [9.17, 15) is 0 Å². The van der Waals surface area contributed by atoms with Crippen molar-refractivity contribution < 1.29 is 0 Å². The lowest BCUT2D eigenvalue weighted by atomic mass is 9.75. The van der Waals surface area contributed by atoms with E-state index in [0.29, 0.717) is 11.3 Å². The molecule has 15 heavy (non-hydrogen) atoms. The van der Waals surface area contributed by atoms with Crippen LogP contribution in [0.4, 0.5) is 0 Å². The van der Waals surface area contributed by atoms with Crippen LogP contribution in [0.25, 0.3) is 0 Å². The molecule has 1 saturated carbocycles. The van der Waals surface area contributed by atoms with E-state index in [2.05, 4.69) is 33.0 Å². The summed E-state index contributed by atoms with van der Waals surface area (Å²) in [5, 5.41) is 3.54. The van der Waals surface area contributed by atoms with Gasteiger partial charge in [0.05, 0.1) is 0 Å². The normalized spacial score (nSPS) is 22.2. The molecule has 1 rings (SSSR count). The lowest BCUT2D eigenvalue weighted by molar-refractivity contribution is 0.218. The summed E-state index contributed by atoms with van der Waals surface area (Å²) in [5.41, 5.74) is 6.75. The van der Waals surface area contributed by atoms with Gasteiger partial charge in [0, 0.05) is 5.54 Å². The van der Waals surface area contributed by atoms with Crippen LogP contribution in [0.3, 0.4) is 0 Å². The van der Waals surface area contributed by atoms with Crippen LogP contribution in [0, 0.1) is 11.3 Å². The molecular weight excluding hydrogens is 184 g/mol. The van der Waals surface area contributed by atoms with Crippen molar-refractivity contribution in [2.75, 3.05) is 13.1 Å². The Kier molecular flexibility index (Phi) is 4.19. The Morgan fingerprint density at radius 2 is 1.93 bits per heavy atom. The van der Waals surface area contributed by atoms with Crippen molar-refractivity contribution in [3.8, 4) is 0 Å². The van der Waals surface area contributed by atoms with Crippen LogP contribution in [0.15, 0.2) is 0 Å². The lowest BCUT2D eigenvalue weighted by Gasteiger charge is -2.38. The number of hydrogen-bond donors (Lipinski definition) is 2. The Balaban J connectivity index is 2.06. The predicted octanol–water partition coefficient (Wildman–Crippen LogP) is 2.53. The maximum absolute atomic E-state index is 6.17. The second-order valence-corrected chi connectivity index (χ2v) is 6.44. The van der Waals surface area contributed by atoms with Gasteiger partial charge in [0.2, 0.25) is 0 Å². The second-order valence-electron chi connectivity index (χ2n) is 6.44. The van der Waals surface area contributed by atoms with Crippen molar-refractivity contribution in [1.82, 2.24) is 5.32 Å². The molecule has 2 heteroatoms. The van der Waals surface area contributed by atoms with Crippen LogP contribution in [-0.2, 0) is 0 Å². The molecule has 0 aromatic heterocycles. The minimum absolute atomic E-state index is 0.179. The molecule has 0 aromatic rings. The number of nitrogens with two attached hydrogens (primary N) is 1. The first-order valence-corrected chi connectivity index (χ1v) is 6.33. The van der Waals surface area contributed by atoms with Crippen LogP contribution in [-0.4, -0.2) is 18.6 Å². The van der Waals surface area contributed by atoms with Crippen LogP contribution in [0.2, 0.25) is 0 Å².